The van der Waals surface area contributed by atoms with E-state index < -0.39 is 0 Å². The van der Waals surface area contributed by atoms with E-state index in [0.717, 1.165) is 5.69 Å². The molecule has 2 N–H and O–H groups in total. The van der Waals surface area contributed by atoms with Gasteiger partial charge in [0.05, 0.1) is 5.69 Å². The number of nitrogens with zero attached hydrogens (tertiary/aromatic N) is 2. The largest absolute Gasteiger partial charge is 0.323 e. The highest BCUT2D eigenvalue weighted by molar-refractivity contribution is 5.85. The van der Waals surface area contributed by atoms with E-state index in [2.05, 4.69) is 9.97 Å². The first-order valence-corrected chi connectivity index (χ1v) is 2.82. The third kappa shape index (κ3) is 2.29. The molecule has 56 valence electrons. The number of hydrogen-bond donors (Lipinski definition) is 1. The maximum atomic E-state index is 5.51. The van der Waals surface area contributed by atoms with Crippen molar-refractivity contribution in [2.75, 3.05) is 0 Å². The van der Waals surface area contributed by atoms with Crippen molar-refractivity contribution < 1.29 is 0 Å². The molecule has 1 atom stereocenters. The summed E-state index contributed by atoms with van der Waals surface area (Å²) in [5, 5.41) is 0. The number of aromatic nitrogens is 2. The van der Waals surface area contributed by atoms with Crippen LogP contribution in [0, 0.1) is 0 Å². The predicted octanol–water partition coefficient (Wildman–Crippen LogP) is 0.918. The average Bonchev–Trinajstić information content (AvgIpc) is 1.90. The van der Waals surface area contributed by atoms with E-state index in [1.807, 2.05) is 6.92 Å². The van der Waals surface area contributed by atoms with Crippen LogP contribution in [0.1, 0.15) is 18.7 Å². The summed E-state index contributed by atoms with van der Waals surface area (Å²) in [5.41, 5.74) is 6.34. The van der Waals surface area contributed by atoms with Gasteiger partial charge in [0.25, 0.3) is 0 Å². The van der Waals surface area contributed by atoms with E-state index >= 15 is 0 Å². The standard InChI is InChI=1S/C6H9N3.ClH/c1-5(7)6-4-8-2-3-9-6;/h2-5H,7H2,1H3;1H. The van der Waals surface area contributed by atoms with E-state index in [9.17, 15) is 0 Å². The molecule has 0 saturated carbocycles. The fraction of sp³-hybridized carbons (Fsp3) is 0.333. The molecule has 0 fully saturated rings. The van der Waals surface area contributed by atoms with Crippen LogP contribution < -0.4 is 5.73 Å². The summed E-state index contributed by atoms with van der Waals surface area (Å²) < 4.78 is 0. The Kier molecular flexibility index (Phi) is 3.91. The number of rotatable bonds is 1. The van der Waals surface area contributed by atoms with Crippen LogP contribution in [-0.2, 0) is 0 Å². The first-order chi connectivity index (χ1) is 4.30. The molecule has 0 aliphatic rings. The lowest BCUT2D eigenvalue weighted by molar-refractivity contribution is 0.772. The lowest BCUT2D eigenvalue weighted by Crippen LogP contribution is -2.06. The summed E-state index contributed by atoms with van der Waals surface area (Å²) in [7, 11) is 0. The lowest BCUT2D eigenvalue weighted by Gasteiger charge is -1.99. The van der Waals surface area contributed by atoms with Crippen molar-refractivity contribution in [3.8, 4) is 0 Å². The Morgan fingerprint density at radius 3 is 2.50 bits per heavy atom. The average molecular weight is 160 g/mol. The van der Waals surface area contributed by atoms with E-state index in [4.69, 9.17) is 5.73 Å². The van der Waals surface area contributed by atoms with Crippen LogP contribution in [-0.4, -0.2) is 9.97 Å². The van der Waals surface area contributed by atoms with Crippen LogP contribution in [0.3, 0.4) is 0 Å². The normalized spacial score (nSPS) is 11.8. The zero-order valence-corrected chi connectivity index (χ0v) is 6.51. The SMILES string of the molecule is CC(N)c1cnccn1.Cl. The van der Waals surface area contributed by atoms with Crippen LogP contribution >= 0.6 is 12.4 Å². The molecule has 0 saturated heterocycles. The molecule has 0 aromatic carbocycles. The van der Waals surface area contributed by atoms with Gasteiger partial charge in [-0.3, -0.25) is 9.97 Å². The van der Waals surface area contributed by atoms with Gasteiger partial charge in [-0.05, 0) is 6.92 Å². The highest BCUT2D eigenvalue weighted by Gasteiger charge is 1.96. The first kappa shape index (κ1) is 9.33. The summed E-state index contributed by atoms with van der Waals surface area (Å²) in [6.45, 7) is 1.88. The molecule has 0 bridgehead atoms. The Hall–Kier alpha value is -0.670. The van der Waals surface area contributed by atoms with Crippen LogP contribution in [0.4, 0.5) is 0 Å². The summed E-state index contributed by atoms with van der Waals surface area (Å²) in [4.78, 5) is 7.85. The third-order valence-electron chi connectivity index (χ3n) is 1.05. The summed E-state index contributed by atoms with van der Waals surface area (Å²) in [5.74, 6) is 0. The number of halogens is 1. The fourth-order valence-corrected chi connectivity index (χ4v) is 0.546. The van der Waals surface area contributed by atoms with Crippen LogP contribution in [0.15, 0.2) is 18.6 Å². The summed E-state index contributed by atoms with van der Waals surface area (Å²) in [6.07, 6.45) is 4.94. The number of nitrogens with two attached hydrogens (primary N) is 1. The Morgan fingerprint density at radius 2 is 2.20 bits per heavy atom. The van der Waals surface area contributed by atoms with Gasteiger partial charge in [0.15, 0.2) is 0 Å². The molecule has 1 aromatic heterocycles. The molecule has 0 amide bonds. The minimum Gasteiger partial charge on any atom is -0.323 e. The van der Waals surface area contributed by atoms with Gasteiger partial charge in [-0.1, -0.05) is 0 Å². The van der Waals surface area contributed by atoms with Crippen molar-refractivity contribution >= 4 is 12.4 Å². The summed E-state index contributed by atoms with van der Waals surface area (Å²) in [6, 6.07) is -0.0151. The van der Waals surface area contributed by atoms with Gasteiger partial charge in [-0.25, -0.2) is 0 Å². The Balaban J connectivity index is 0.000000810. The van der Waals surface area contributed by atoms with Gasteiger partial charge in [0.1, 0.15) is 0 Å². The van der Waals surface area contributed by atoms with Gasteiger partial charge in [-0.2, -0.15) is 0 Å². The highest BCUT2D eigenvalue weighted by atomic mass is 35.5. The monoisotopic (exact) mass is 159 g/mol. The molecule has 3 nitrogen and oxygen atoms in total. The van der Waals surface area contributed by atoms with Gasteiger partial charge >= 0.3 is 0 Å². The molecule has 0 aliphatic carbocycles. The molecular weight excluding hydrogens is 150 g/mol. The van der Waals surface area contributed by atoms with Gasteiger partial charge in [0, 0.05) is 24.6 Å². The molecule has 4 heteroatoms. The molecule has 1 heterocycles. The molecule has 1 rings (SSSR count). The van der Waals surface area contributed by atoms with E-state index in [-0.39, 0.29) is 18.4 Å². The maximum absolute atomic E-state index is 5.51. The second-order valence-electron chi connectivity index (χ2n) is 1.92. The zero-order valence-electron chi connectivity index (χ0n) is 5.69. The zero-order chi connectivity index (χ0) is 6.69. The van der Waals surface area contributed by atoms with E-state index in [1.54, 1.807) is 18.6 Å². The van der Waals surface area contributed by atoms with Crippen LogP contribution in [0.2, 0.25) is 0 Å². The highest BCUT2D eigenvalue weighted by Crippen LogP contribution is 2.00. The van der Waals surface area contributed by atoms with Crippen molar-refractivity contribution in [2.45, 2.75) is 13.0 Å². The molecular formula is C6H10ClN3. The van der Waals surface area contributed by atoms with Crippen LogP contribution in [0.25, 0.3) is 0 Å². The fourth-order valence-electron chi connectivity index (χ4n) is 0.546. The summed E-state index contributed by atoms with van der Waals surface area (Å²) >= 11 is 0. The molecule has 0 radical (unpaired) electrons. The van der Waals surface area contributed by atoms with Gasteiger partial charge < -0.3 is 5.73 Å². The molecule has 1 aromatic rings. The van der Waals surface area contributed by atoms with Crippen molar-refractivity contribution in [1.29, 1.82) is 0 Å². The Bertz CT molecular complexity index is 176. The Morgan fingerprint density at radius 1 is 1.50 bits per heavy atom. The van der Waals surface area contributed by atoms with Gasteiger partial charge in [0.2, 0.25) is 0 Å². The lowest BCUT2D eigenvalue weighted by atomic mass is 10.3. The first-order valence-electron chi connectivity index (χ1n) is 2.82. The van der Waals surface area contributed by atoms with Crippen LogP contribution in [0.5, 0.6) is 0 Å². The van der Waals surface area contributed by atoms with E-state index in [1.165, 1.54) is 0 Å². The van der Waals surface area contributed by atoms with Crippen molar-refractivity contribution in [2.24, 2.45) is 5.73 Å². The third-order valence-corrected chi connectivity index (χ3v) is 1.05. The topological polar surface area (TPSA) is 51.8 Å². The van der Waals surface area contributed by atoms with E-state index in [0.29, 0.717) is 0 Å². The molecule has 1 unspecified atom stereocenters. The van der Waals surface area contributed by atoms with Gasteiger partial charge in [-0.15, -0.1) is 12.4 Å². The molecule has 0 spiro atoms. The second-order valence-corrected chi connectivity index (χ2v) is 1.92. The van der Waals surface area contributed by atoms with Crippen molar-refractivity contribution in [3.63, 3.8) is 0 Å². The van der Waals surface area contributed by atoms with Crippen molar-refractivity contribution in [1.82, 2.24) is 9.97 Å². The number of hydrogen-bond acceptors (Lipinski definition) is 3. The maximum Gasteiger partial charge on any atom is 0.0751 e. The predicted molar refractivity (Wildman–Crippen MR) is 41.9 cm³/mol. The Labute approximate surface area is 66.1 Å². The minimum absolute atomic E-state index is 0. The molecule has 10 heavy (non-hydrogen) atoms. The second kappa shape index (κ2) is 4.19. The quantitative estimate of drug-likeness (QED) is 0.663. The molecule has 0 aliphatic heterocycles. The van der Waals surface area contributed by atoms with Crippen molar-refractivity contribution in [3.05, 3.63) is 24.3 Å². The smallest absolute Gasteiger partial charge is 0.0751 e. The minimum atomic E-state index is -0.0151.